The van der Waals surface area contributed by atoms with E-state index in [-0.39, 0.29) is 0 Å². The van der Waals surface area contributed by atoms with Crippen LogP contribution in [0.5, 0.6) is 5.75 Å². The van der Waals surface area contributed by atoms with Gasteiger partial charge in [-0.1, -0.05) is 11.6 Å². The van der Waals surface area contributed by atoms with Gasteiger partial charge in [-0.05, 0) is 57.4 Å². The zero-order valence-corrected chi connectivity index (χ0v) is 13.1. The van der Waals surface area contributed by atoms with Crippen molar-refractivity contribution in [3.05, 3.63) is 29.3 Å². The molecule has 1 heterocycles. The molecule has 0 aliphatic carbocycles. The van der Waals surface area contributed by atoms with E-state index in [0.29, 0.717) is 23.7 Å². The number of aliphatic hydroxyl groups excluding tert-OH is 1. The second kappa shape index (κ2) is 7.30. The first-order valence-electron chi connectivity index (χ1n) is 7.48. The van der Waals surface area contributed by atoms with Crippen molar-refractivity contribution in [2.45, 2.75) is 51.3 Å². The van der Waals surface area contributed by atoms with Gasteiger partial charge in [-0.3, -0.25) is 0 Å². The lowest BCUT2D eigenvalue weighted by Crippen LogP contribution is -3.20. The predicted octanol–water partition coefficient (Wildman–Crippen LogP) is 1.93. The number of aliphatic hydroxyl groups is 1. The van der Waals surface area contributed by atoms with Crippen LogP contribution in [0, 0.1) is 0 Å². The molecule has 2 N–H and O–H groups in total. The fourth-order valence-electron chi connectivity index (χ4n) is 3.04. The van der Waals surface area contributed by atoms with Gasteiger partial charge in [0.2, 0.25) is 0 Å². The summed E-state index contributed by atoms with van der Waals surface area (Å²) in [5, 5.41) is 10.9. The minimum atomic E-state index is -0.427. The van der Waals surface area contributed by atoms with Crippen molar-refractivity contribution < 1.29 is 14.7 Å². The van der Waals surface area contributed by atoms with Crippen LogP contribution in [0.4, 0.5) is 0 Å². The summed E-state index contributed by atoms with van der Waals surface area (Å²) in [4.78, 5) is 1.50. The average molecular weight is 299 g/mol. The molecular weight excluding hydrogens is 274 g/mol. The quantitative estimate of drug-likeness (QED) is 0.871. The largest absolute Gasteiger partial charge is 0.491 e. The Morgan fingerprint density at radius 1 is 1.25 bits per heavy atom. The van der Waals surface area contributed by atoms with Crippen molar-refractivity contribution in [2.24, 2.45) is 0 Å². The Morgan fingerprint density at radius 2 is 1.85 bits per heavy atom. The normalized spacial score (nSPS) is 28.1. The fraction of sp³-hybridized carbons (Fsp3) is 0.625. The minimum Gasteiger partial charge on any atom is -0.491 e. The Labute approximate surface area is 126 Å². The van der Waals surface area contributed by atoms with E-state index in [1.165, 1.54) is 24.2 Å². The monoisotopic (exact) mass is 298 g/mol. The maximum Gasteiger partial charge on any atom is 0.137 e. The van der Waals surface area contributed by atoms with E-state index in [4.69, 9.17) is 16.3 Å². The van der Waals surface area contributed by atoms with Crippen LogP contribution in [0.3, 0.4) is 0 Å². The summed E-state index contributed by atoms with van der Waals surface area (Å²) in [7, 11) is 0. The van der Waals surface area contributed by atoms with E-state index < -0.39 is 6.10 Å². The zero-order valence-electron chi connectivity index (χ0n) is 12.3. The molecule has 0 radical (unpaired) electrons. The summed E-state index contributed by atoms with van der Waals surface area (Å²) in [5.74, 6) is 0.753. The lowest BCUT2D eigenvalue weighted by atomic mass is 9.97. The molecule has 1 unspecified atom stereocenters. The highest BCUT2D eigenvalue weighted by Gasteiger charge is 2.30. The molecule has 4 heteroatoms. The van der Waals surface area contributed by atoms with E-state index in [1.54, 1.807) is 12.1 Å². The van der Waals surface area contributed by atoms with Crippen LogP contribution < -0.4 is 9.64 Å². The first-order valence-corrected chi connectivity index (χ1v) is 7.86. The van der Waals surface area contributed by atoms with Crippen LogP contribution in [-0.4, -0.2) is 36.4 Å². The number of ether oxygens (including phenoxy) is 1. The van der Waals surface area contributed by atoms with Crippen LogP contribution in [-0.2, 0) is 0 Å². The van der Waals surface area contributed by atoms with E-state index >= 15 is 0 Å². The molecule has 112 valence electrons. The summed E-state index contributed by atoms with van der Waals surface area (Å²) in [5.41, 5.74) is 0. The third kappa shape index (κ3) is 4.37. The summed E-state index contributed by atoms with van der Waals surface area (Å²) in [6, 6.07) is 8.50. The van der Waals surface area contributed by atoms with Crippen LogP contribution in [0.25, 0.3) is 0 Å². The van der Waals surface area contributed by atoms with E-state index in [9.17, 15) is 5.11 Å². The average Bonchev–Trinajstić information content (AvgIpc) is 2.42. The Hall–Kier alpha value is -0.770. The summed E-state index contributed by atoms with van der Waals surface area (Å²) >= 11 is 5.83. The summed E-state index contributed by atoms with van der Waals surface area (Å²) < 4.78 is 5.61. The molecule has 1 fully saturated rings. The molecule has 20 heavy (non-hydrogen) atoms. The van der Waals surface area contributed by atoms with Gasteiger partial charge in [-0.25, -0.2) is 0 Å². The SMILES string of the molecule is C[C@@H]1CCC[C@H](C)[NH+]1C[C@H](O)COc1ccc(Cl)cc1. The maximum atomic E-state index is 10.2. The fourth-order valence-corrected chi connectivity index (χ4v) is 3.17. The number of likely N-dealkylation sites (tertiary alicyclic amines) is 1. The number of nitrogens with one attached hydrogen (secondary N) is 1. The van der Waals surface area contributed by atoms with Crippen molar-refractivity contribution in [3.63, 3.8) is 0 Å². The zero-order chi connectivity index (χ0) is 14.5. The van der Waals surface area contributed by atoms with Gasteiger partial charge in [0.15, 0.2) is 0 Å². The molecule has 0 bridgehead atoms. The molecule has 1 aromatic carbocycles. The van der Waals surface area contributed by atoms with Gasteiger partial charge in [0, 0.05) is 5.02 Å². The number of quaternary nitrogens is 1. The van der Waals surface area contributed by atoms with E-state index in [0.717, 1.165) is 12.3 Å². The van der Waals surface area contributed by atoms with Crippen molar-refractivity contribution in [3.8, 4) is 5.75 Å². The van der Waals surface area contributed by atoms with Gasteiger partial charge in [0.05, 0.1) is 12.1 Å². The third-order valence-corrected chi connectivity index (χ3v) is 4.52. The molecule has 1 aromatic rings. The van der Waals surface area contributed by atoms with Gasteiger partial charge in [-0.15, -0.1) is 0 Å². The Kier molecular flexibility index (Phi) is 5.70. The molecular formula is C16H25ClNO2+. The second-order valence-corrected chi connectivity index (χ2v) is 6.37. The maximum absolute atomic E-state index is 10.2. The molecule has 1 aliphatic heterocycles. The lowest BCUT2D eigenvalue weighted by Gasteiger charge is -2.36. The van der Waals surface area contributed by atoms with Crippen molar-refractivity contribution in [1.82, 2.24) is 0 Å². The molecule has 4 atom stereocenters. The van der Waals surface area contributed by atoms with Crippen molar-refractivity contribution in [2.75, 3.05) is 13.2 Å². The van der Waals surface area contributed by atoms with Gasteiger partial charge in [-0.2, -0.15) is 0 Å². The van der Waals surface area contributed by atoms with E-state index in [2.05, 4.69) is 13.8 Å². The molecule has 0 amide bonds. The summed E-state index contributed by atoms with van der Waals surface area (Å²) in [6.45, 7) is 5.65. The lowest BCUT2D eigenvalue weighted by molar-refractivity contribution is -0.954. The first kappa shape index (κ1) is 15.6. The van der Waals surface area contributed by atoms with Crippen molar-refractivity contribution in [1.29, 1.82) is 0 Å². The number of piperidine rings is 1. The molecule has 0 saturated carbocycles. The molecule has 0 spiro atoms. The highest BCUT2D eigenvalue weighted by Crippen LogP contribution is 2.15. The van der Waals surface area contributed by atoms with Crippen LogP contribution in [0.2, 0.25) is 5.02 Å². The molecule has 3 nitrogen and oxygen atoms in total. The molecule has 0 aromatic heterocycles. The number of rotatable bonds is 5. The van der Waals surface area contributed by atoms with Crippen LogP contribution >= 0.6 is 11.6 Å². The van der Waals surface area contributed by atoms with Gasteiger partial charge < -0.3 is 14.7 Å². The smallest absolute Gasteiger partial charge is 0.137 e. The molecule has 2 rings (SSSR count). The summed E-state index contributed by atoms with van der Waals surface area (Å²) in [6.07, 6.45) is 3.39. The Balaban J connectivity index is 1.79. The molecule has 1 saturated heterocycles. The highest BCUT2D eigenvalue weighted by atomic mass is 35.5. The number of hydrogen-bond acceptors (Lipinski definition) is 2. The van der Waals surface area contributed by atoms with E-state index in [1.807, 2.05) is 12.1 Å². The van der Waals surface area contributed by atoms with Crippen molar-refractivity contribution >= 4 is 11.6 Å². The van der Waals surface area contributed by atoms with Crippen LogP contribution in [0.1, 0.15) is 33.1 Å². The third-order valence-electron chi connectivity index (χ3n) is 4.27. The Bertz CT molecular complexity index is 399. The minimum absolute atomic E-state index is 0.338. The number of benzene rings is 1. The highest BCUT2D eigenvalue weighted by molar-refractivity contribution is 6.30. The van der Waals surface area contributed by atoms with Crippen LogP contribution in [0.15, 0.2) is 24.3 Å². The van der Waals surface area contributed by atoms with Gasteiger partial charge in [0.1, 0.15) is 25.0 Å². The first-order chi connectivity index (χ1) is 9.56. The van der Waals surface area contributed by atoms with Gasteiger partial charge >= 0.3 is 0 Å². The van der Waals surface area contributed by atoms with Gasteiger partial charge in [0.25, 0.3) is 0 Å². The molecule has 1 aliphatic rings. The second-order valence-electron chi connectivity index (χ2n) is 5.93. The Morgan fingerprint density at radius 3 is 2.45 bits per heavy atom. The number of halogens is 1. The standard InChI is InChI=1S/C16H24ClNO2/c1-12-4-3-5-13(2)18(12)10-15(19)11-20-16-8-6-14(17)7-9-16/h6-9,12-13,15,19H,3-5,10-11H2,1-2H3/p+1/t12-,13+,15-/m0/s1. The predicted molar refractivity (Wildman–Crippen MR) is 81.6 cm³/mol. The number of hydrogen-bond donors (Lipinski definition) is 2. The topological polar surface area (TPSA) is 33.9 Å².